The van der Waals surface area contributed by atoms with E-state index in [1.807, 2.05) is 30.3 Å². The second-order valence-electron chi connectivity index (χ2n) is 6.51. The number of nitrogens with zero attached hydrogens (tertiary/aromatic N) is 3. The second-order valence-corrected chi connectivity index (χ2v) is 6.51. The lowest BCUT2D eigenvalue weighted by atomic mass is 9.86. The largest absolute Gasteiger partial charge is 0.288 e. The van der Waals surface area contributed by atoms with Gasteiger partial charge in [-0.15, -0.1) is 5.10 Å². The molecule has 0 aliphatic rings. The summed E-state index contributed by atoms with van der Waals surface area (Å²) in [4.78, 5) is 11.0. The molecule has 6 nitrogen and oxygen atoms in total. The molecule has 0 radical (unpaired) electrons. The van der Waals surface area contributed by atoms with Crippen LogP contribution in [-0.2, 0) is 4.79 Å². The van der Waals surface area contributed by atoms with E-state index in [1.54, 1.807) is 10.9 Å². The van der Waals surface area contributed by atoms with Crippen molar-refractivity contribution in [1.29, 1.82) is 0 Å². The Labute approximate surface area is 141 Å². The van der Waals surface area contributed by atoms with Crippen molar-refractivity contribution in [1.82, 2.24) is 20.5 Å². The van der Waals surface area contributed by atoms with E-state index < -0.39 is 5.91 Å². The van der Waals surface area contributed by atoms with Crippen LogP contribution >= 0.6 is 0 Å². The number of amides is 1. The van der Waals surface area contributed by atoms with Crippen molar-refractivity contribution in [3.05, 3.63) is 59.9 Å². The fraction of sp³-hybridized carbons (Fsp3) is 0.278. The first-order chi connectivity index (χ1) is 11.4. The molecule has 0 fully saturated rings. The molecule has 2 N–H and O–H groups in total. The van der Waals surface area contributed by atoms with Gasteiger partial charge in [0.15, 0.2) is 0 Å². The van der Waals surface area contributed by atoms with E-state index in [-0.39, 0.29) is 11.5 Å². The van der Waals surface area contributed by atoms with E-state index in [1.165, 1.54) is 17.6 Å². The summed E-state index contributed by atoms with van der Waals surface area (Å²) in [5, 5.41) is 16.7. The summed E-state index contributed by atoms with van der Waals surface area (Å²) in [7, 11) is 0. The molecule has 1 atom stereocenters. The minimum atomic E-state index is -0.610. The lowest BCUT2D eigenvalue weighted by Gasteiger charge is -2.27. The smallest absolute Gasteiger partial charge is 0.267 e. The number of hydrogen-bond donors (Lipinski definition) is 2. The van der Waals surface area contributed by atoms with Crippen molar-refractivity contribution in [2.24, 2.45) is 5.41 Å². The highest BCUT2D eigenvalue weighted by Crippen LogP contribution is 2.31. The van der Waals surface area contributed by atoms with Crippen LogP contribution in [-0.4, -0.2) is 26.1 Å². The van der Waals surface area contributed by atoms with Crippen molar-refractivity contribution in [3.63, 3.8) is 0 Å². The third-order valence-electron chi connectivity index (χ3n) is 3.49. The summed E-state index contributed by atoms with van der Waals surface area (Å²) in [6.45, 7) is 6.39. The highest BCUT2D eigenvalue weighted by atomic mass is 16.5. The molecule has 0 saturated carbocycles. The summed E-state index contributed by atoms with van der Waals surface area (Å²) in [5.41, 5.74) is 3.13. The third-order valence-corrected chi connectivity index (χ3v) is 3.49. The molecule has 2 rings (SSSR count). The number of carbonyl (C=O) groups is 1. The lowest BCUT2D eigenvalue weighted by Crippen LogP contribution is -2.23. The molecule has 24 heavy (non-hydrogen) atoms. The molecule has 1 heterocycles. The number of hydroxylamine groups is 1. The van der Waals surface area contributed by atoms with Gasteiger partial charge in [-0.05, 0) is 17.1 Å². The Morgan fingerprint density at radius 2 is 1.96 bits per heavy atom. The molecule has 6 heteroatoms. The molecule has 0 aliphatic heterocycles. The van der Waals surface area contributed by atoms with Gasteiger partial charge in [-0.2, -0.15) is 0 Å². The maximum Gasteiger partial charge on any atom is 0.267 e. The van der Waals surface area contributed by atoms with Gasteiger partial charge in [-0.1, -0.05) is 68.5 Å². The first-order valence-corrected chi connectivity index (χ1v) is 7.67. The number of benzene rings is 1. The SMILES string of the molecule is CC(C)(C)C(/C=C/c1ccccc1)n1cc(/C=C/C(=O)NO)nn1. The number of carbonyl (C=O) groups excluding carboxylic acids is 1. The molecule has 0 aliphatic carbocycles. The summed E-state index contributed by atoms with van der Waals surface area (Å²) in [6, 6.07) is 10.1. The van der Waals surface area contributed by atoms with E-state index in [0.29, 0.717) is 5.69 Å². The maximum atomic E-state index is 11.0. The molecule has 1 unspecified atom stereocenters. The first kappa shape index (κ1) is 17.6. The van der Waals surface area contributed by atoms with Crippen LogP contribution in [0.3, 0.4) is 0 Å². The highest BCUT2D eigenvalue weighted by molar-refractivity contribution is 5.90. The van der Waals surface area contributed by atoms with Gasteiger partial charge in [0.2, 0.25) is 0 Å². The minimum absolute atomic E-state index is 0.000903. The number of rotatable bonds is 5. The van der Waals surface area contributed by atoms with Gasteiger partial charge in [0.1, 0.15) is 5.69 Å². The van der Waals surface area contributed by atoms with Crippen LogP contribution in [0.25, 0.3) is 12.2 Å². The fourth-order valence-corrected chi connectivity index (χ4v) is 2.24. The van der Waals surface area contributed by atoms with Crippen LogP contribution in [0.4, 0.5) is 0 Å². The van der Waals surface area contributed by atoms with E-state index in [4.69, 9.17) is 5.21 Å². The van der Waals surface area contributed by atoms with Gasteiger partial charge in [0.25, 0.3) is 5.91 Å². The van der Waals surface area contributed by atoms with Gasteiger partial charge in [-0.3, -0.25) is 10.0 Å². The average molecular weight is 326 g/mol. The maximum absolute atomic E-state index is 11.0. The van der Waals surface area contributed by atoms with Gasteiger partial charge in [-0.25, -0.2) is 10.2 Å². The normalized spacial score (nSPS) is 13.5. The zero-order chi connectivity index (χ0) is 17.6. The van der Waals surface area contributed by atoms with Crippen LogP contribution in [0.1, 0.15) is 38.1 Å². The zero-order valence-electron chi connectivity index (χ0n) is 14.0. The van der Waals surface area contributed by atoms with E-state index in [9.17, 15) is 4.79 Å². The highest BCUT2D eigenvalue weighted by Gasteiger charge is 2.25. The predicted octanol–water partition coefficient (Wildman–Crippen LogP) is 3.10. The van der Waals surface area contributed by atoms with Crippen LogP contribution in [0.2, 0.25) is 0 Å². The second kappa shape index (κ2) is 7.70. The molecule has 126 valence electrons. The molecule has 0 bridgehead atoms. The Balaban J connectivity index is 2.23. The van der Waals surface area contributed by atoms with Crippen molar-refractivity contribution in [3.8, 4) is 0 Å². The monoisotopic (exact) mass is 326 g/mol. The molecule has 1 amide bonds. The number of nitrogens with one attached hydrogen (secondary N) is 1. The van der Waals surface area contributed by atoms with Crippen molar-refractivity contribution in [2.75, 3.05) is 0 Å². The Morgan fingerprint density at radius 3 is 2.58 bits per heavy atom. The quantitative estimate of drug-likeness (QED) is 0.503. The van der Waals surface area contributed by atoms with E-state index in [0.717, 1.165) is 5.56 Å². The Kier molecular flexibility index (Phi) is 5.65. The van der Waals surface area contributed by atoms with Crippen molar-refractivity contribution >= 4 is 18.1 Å². The molecule has 2 aromatic rings. The van der Waals surface area contributed by atoms with Crippen molar-refractivity contribution in [2.45, 2.75) is 26.8 Å². The van der Waals surface area contributed by atoms with Gasteiger partial charge >= 0.3 is 0 Å². The summed E-state index contributed by atoms with van der Waals surface area (Å²) in [6.07, 6.45) is 8.62. The average Bonchev–Trinajstić information content (AvgIpc) is 3.01. The minimum Gasteiger partial charge on any atom is -0.288 e. The van der Waals surface area contributed by atoms with Gasteiger partial charge in [0.05, 0.1) is 12.2 Å². The first-order valence-electron chi connectivity index (χ1n) is 7.67. The number of aromatic nitrogens is 3. The summed E-state index contributed by atoms with van der Waals surface area (Å²) in [5.74, 6) is -0.610. The topological polar surface area (TPSA) is 80.0 Å². The lowest BCUT2D eigenvalue weighted by molar-refractivity contribution is -0.124. The van der Waals surface area contributed by atoms with E-state index in [2.05, 4.69) is 43.2 Å². The predicted molar refractivity (Wildman–Crippen MR) is 93.0 cm³/mol. The van der Waals surface area contributed by atoms with Crippen LogP contribution in [0.15, 0.2) is 48.7 Å². The molecule has 1 aromatic carbocycles. The van der Waals surface area contributed by atoms with Crippen molar-refractivity contribution < 1.29 is 10.0 Å². The Hall–Kier alpha value is -2.73. The molecule has 0 spiro atoms. The molecule has 0 saturated heterocycles. The van der Waals surface area contributed by atoms with Gasteiger partial charge < -0.3 is 0 Å². The molecular weight excluding hydrogens is 304 g/mol. The molecular formula is C18H22N4O2. The summed E-state index contributed by atoms with van der Waals surface area (Å²) < 4.78 is 1.77. The van der Waals surface area contributed by atoms with Crippen LogP contribution in [0, 0.1) is 5.41 Å². The molecule has 1 aromatic heterocycles. The Bertz CT molecular complexity index is 727. The Morgan fingerprint density at radius 1 is 1.25 bits per heavy atom. The zero-order valence-corrected chi connectivity index (χ0v) is 14.0. The fourth-order valence-electron chi connectivity index (χ4n) is 2.24. The van der Waals surface area contributed by atoms with Crippen LogP contribution < -0.4 is 5.48 Å². The number of allylic oxidation sites excluding steroid dienone is 1. The number of hydrogen-bond acceptors (Lipinski definition) is 4. The van der Waals surface area contributed by atoms with Gasteiger partial charge in [0, 0.05) is 6.08 Å². The standard InChI is InChI=1S/C18H22N4O2/c1-18(2,3)16(11-9-14-7-5-4-6-8-14)22-13-15(19-21-22)10-12-17(23)20-24/h4-13,16,24H,1-3H3,(H,20,23)/b11-9+,12-10+. The van der Waals surface area contributed by atoms with Crippen LogP contribution in [0.5, 0.6) is 0 Å². The van der Waals surface area contributed by atoms with E-state index >= 15 is 0 Å². The third kappa shape index (κ3) is 4.89. The summed E-state index contributed by atoms with van der Waals surface area (Å²) >= 11 is 0.